The van der Waals surface area contributed by atoms with Crippen LogP contribution in [0.3, 0.4) is 0 Å². The van der Waals surface area contributed by atoms with Gasteiger partial charge >= 0.3 is 0 Å². The molecule has 3 rings (SSSR count). The van der Waals surface area contributed by atoms with E-state index in [1.165, 1.54) is 11.8 Å². The van der Waals surface area contributed by atoms with Crippen LogP contribution in [0.2, 0.25) is 0 Å². The van der Waals surface area contributed by atoms with Crippen molar-refractivity contribution in [2.75, 3.05) is 12.3 Å². The fourth-order valence-electron chi connectivity index (χ4n) is 2.35. The van der Waals surface area contributed by atoms with Crippen LogP contribution >= 0.6 is 11.8 Å². The van der Waals surface area contributed by atoms with E-state index in [1.807, 2.05) is 43.3 Å². The molecule has 106 valence electrons. The van der Waals surface area contributed by atoms with Gasteiger partial charge in [-0.25, -0.2) is 0 Å². The fourth-order valence-corrected chi connectivity index (χ4v) is 3.29. The van der Waals surface area contributed by atoms with Crippen LogP contribution in [0.25, 0.3) is 10.8 Å². The Morgan fingerprint density at radius 2 is 2.00 bits per heavy atom. The maximum atomic E-state index is 12.4. The molecule has 1 heterocycles. The summed E-state index contributed by atoms with van der Waals surface area (Å²) in [4.78, 5) is 29.8. The number of benzene rings is 2. The Kier molecular flexibility index (Phi) is 3.75. The number of aliphatic imine (C=N–C) groups is 1. The highest BCUT2D eigenvalue weighted by molar-refractivity contribution is 8.15. The average molecular weight is 298 g/mol. The molecule has 0 radical (unpaired) electrons. The predicted molar refractivity (Wildman–Crippen MR) is 85.6 cm³/mol. The van der Waals surface area contributed by atoms with Crippen molar-refractivity contribution in [2.24, 2.45) is 4.99 Å². The van der Waals surface area contributed by atoms with Crippen molar-refractivity contribution in [3.8, 4) is 0 Å². The second-order valence-corrected chi connectivity index (χ2v) is 5.60. The zero-order chi connectivity index (χ0) is 14.8. The van der Waals surface area contributed by atoms with Crippen molar-refractivity contribution < 1.29 is 9.59 Å². The lowest BCUT2D eigenvalue weighted by atomic mass is 10.0. The van der Waals surface area contributed by atoms with Gasteiger partial charge in [0.1, 0.15) is 0 Å². The van der Waals surface area contributed by atoms with Crippen molar-refractivity contribution in [1.82, 2.24) is 4.90 Å². The van der Waals surface area contributed by atoms with Gasteiger partial charge in [0, 0.05) is 12.1 Å². The quantitative estimate of drug-likeness (QED) is 0.856. The van der Waals surface area contributed by atoms with Gasteiger partial charge in [0.05, 0.1) is 5.75 Å². The van der Waals surface area contributed by atoms with E-state index in [0.717, 1.165) is 10.8 Å². The first-order valence-corrected chi connectivity index (χ1v) is 7.73. The molecule has 1 fully saturated rings. The summed E-state index contributed by atoms with van der Waals surface area (Å²) in [6.45, 7) is 2.41. The first kappa shape index (κ1) is 13.8. The van der Waals surface area contributed by atoms with E-state index >= 15 is 0 Å². The minimum Gasteiger partial charge on any atom is -0.291 e. The van der Waals surface area contributed by atoms with Crippen molar-refractivity contribution in [2.45, 2.75) is 6.92 Å². The summed E-state index contributed by atoms with van der Waals surface area (Å²) in [6, 6.07) is 13.3. The van der Waals surface area contributed by atoms with Gasteiger partial charge in [0.25, 0.3) is 5.91 Å². The number of hydrogen-bond donors (Lipinski definition) is 0. The molecule has 2 amide bonds. The molecule has 0 spiro atoms. The van der Waals surface area contributed by atoms with Gasteiger partial charge in [-0.1, -0.05) is 48.2 Å². The second-order valence-electron chi connectivity index (χ2n) is 4.65. The maximum Gasteiger partial charge on any atom is 0.280 e. The maximum absolute atomic E-state index is 12.4. The first-order chi connectivity index (χ1) is 10.2. The molecule has 0 N–H and O–H groups in total. The number of rotatable bonds is 2. The molecule has 0 unspecified atom stereocenters. The van der Waals surface area contributed by atoms with Crippen LogP contribution in [0.1, 0.15) is 17.3 Å². The molecule has 1 aliphatic rings. The van der Waals surface area contributed by atoms with E-state index in [-0.39, 0.29) is 11.8 Å². The Morgan fingerprint density at radius 1 is 1.24 bits per heavy atom. The van der Waals surface area contributed by atoms with Crippen molar-refractivity contribution in [3.63, 3.8) is 0 Å². The number of nitrogens with zero attached hydrogens (tertiary/aromatic N) is 2. The Balaban J connectivity index is 2.00. The molecule has 0 atom stereocenters. The lowest BCUT2D eigenvalue weighted by molar-refractivity contribution is -0.123. The van der Waals surface area contributed by atoms with Crippen LogP contribution in [0.4, 0.5) is 0 Å². The Labute approximate surface area is 126 Å². The van der Waals surface area contributed by atoms with Gasteiger partial charge in [-0.3, -0.25) is 14.5 Å². The summed E-state index contributed by atoms with van der Waals surface area (Å²) in [6.07, 6.45) is 0. The highest BCUT2D eigenvalue weighted by atomic mass is 32.2. The normalized spacial score (nSPS) is 16.9. The standard InChI is InChI=1S/C16H14N2O2S/c1-2-18-14(19)10-21-16(18)17-15(20)13-9-5-7-11-6-3-4-8-12(11)13/h3-9H,2,10H2,1H3. The average Bonchev–Trinajstić information content (AvgIpc) is 2.86. The van der Waals surface area contributed by atoms with E-state index in [1.54, 1.807) is 11.0 Å². The molecule has 0 aliphatic carbocycles. The molecule has 1 saturated heterocycles. The molecule has 5 heteroatoms. The summed E-state index contributed by atoms with van der Waals surface area (Å²) < 4.78 is 0. The van der Waals surface area contributed by atoms with Gasteiger partial charge in [0.2, 0.25) is 5.91 Å². The zero-order valence-corrected chi connectivity index (χ0v) is 12.4. The Morgan fingerprint density at radius 3 is 2.81 bits per heavy atom. The second kappa shape index (κ2) is 5.69. The van der Waals surface area contributed by atoms with Gasteiger partial charge in [-0.2, -0.15) is 4.99 Å². The number of fused-ring (bicyclic) bond motifs is 1. The van der Waals surface area contributed by atoms with Gasteiger partial charge in [-0.15, -0.1) is 0 Å². The largest absolute Gasteiger partial charge is 0.291 e. The molecular weight excluding hydrogens is 284 g/mol. The molecule has 2 aromatic rings. The molecule has 0 aromatic heterocycles. The monoisotopic (exact) mass is 298 g/mol. The Hall–Kier alpha value is -2.14. The topological polar surface area (TPSA) is 49.7 Å². The summed E-state index contributed by atoms with van der Waals surface area (Å²) in [5.74, 6) is 0.0598. The zero-order valence-electron chi connectivity index (χ0n) is 11.6. The molecule has 2 aromatic carbocycles. The Bertz CT molecular complexity index is 750. The summed E-state index contributed by atoms with van der Waals surface area (Å²) in [5, 5.41) is 2.39. The smallest absolute Gasteiger partial charge is 0.280 e. The van der Waals surface area contributed by atoms with Gasteiger partial charge in [0.15, 0.2) is 5.17 Å². The van der Waals surface area contributed by atoms with E-state index < -0.39 is 0 Å². The third kappa shape index (κ3) is 2.56. The number of amidine groups is 1. The first-order valence-electron chi connectivity index (χ1n) is 6.74. The number of thioether (sulfide) groups is 1. The SMILES string of the molecule is CCN1C(=O)CSC1=NC(=O)c1cccc2ccccc12. The van der Waals surface area contributed by atoms with E-state index in [2.05, 4.69) is 4.99 Å². The van der Waals surface area contributed by atoms with Crippen LogP contribution in [0.15, 0.2) is 47.5 Å². The van der Waals surface area contributed by atoms with Crippen LogP contribution in [0.5, 0.6) is 0 Å². The van der Waals surface area contributed by atoms with Crippen LogP contribution in [-0.4, -0.2) is 34.2 Å². The number of carbonyl (C=O) groups is 2. The highest BCUT2D eigenvalue weighted by Gasteiger charge is 2.27. The third-order valence-corrected chi connectivity index (χ3v) is 4.35. The molecular formula is C16H14N2O2S. The number of hydrogen-bond acceptors (Lipinski definition) is 3. The molecule has 21 heavy (non-hydrogen) atoms. The molecule has 1 aliphatic heterocycles. The molecule has 0 saturated carbocycles. The van der Waals surface area contributed by atoms with Crippen LogP contribution in [-0.2, 0) is 4.79 Å². The summed E-state index contributed by atoms with van der Waals surface area (Å²) in [7, 11) is 0. The molecule has 0 bridgehead atoms. The predicted octanol–water partition coefficient (Wildman–Crippen LogP) is 2.93. The third-order valence-electron chi connectivity index (χ3n) is 3.39. The van der Waals surface area contributed by atoms with E-state index in [9.17, 15) is 9.59 Å². The molecule has 4 nitrogen and oxygen atoms in total. The van der Waals surface area contributed by atoms with E-state index in [4.69, 9.17) is 0 Å². The van der Waals surface area contributed by atoms with Gasteiger partial charge in [-0.05, 0) is 23.8 Å². The lowest BCUT2D eigenvalue weighted by Gasteiger charge is -2.12. The number of amides is 2. The van der Waals surface area contributed by atoms with Gasteiger partial charge < -0.3 is 0 Å². The van der Waals surface area contributed by atoms with E-state index in [0.29, 0.717) is 23.0 Å². The summed E-state index contributed by atoms with van der Waals surface area (Å²) in [5.41, 5.74) is 0.566. The summed E-state index contributed by atoms with van der Waals surface area (Å²) >= 11 is 1.32. The minimum absolute atomic E-state index is 0.00645. The van der Waals surface area contributed by atoms with Crippen molar-refractivity contribution >= 4 is 39.5 Å². The van der Waals surface area contributed by atoms with Crippen LogP contribution < -0.4 is 0 Å². The van der Waals surface area contributed by atoms with Crippen molar-refractivity contribution in [1.29, 1.82) is 0 Å². The highest BCUT2D eigenvalue weighted by Crippen LogP contribution is 2.22. The fraction of sp³-hybridized carbons (Fsp3) is 0.188. The minimum atomic E-state index is -0.303. The lowest BCUT2D eigenvalue weighted by Crippen LogP contribution is -2.29. The van der Waals surface area contributed by atoms with Crippen molar-refractivity contribution in [3.05, 3.63) is 48.0 Å². The van der Waals surface area contributed by atoms with Crippen LogP contribution in [0, 0.1) is 0 Å². The number of carbonyl (C=O) groups excluding carboxylic acids is 2.